The monoisotopic (exact) mass is 440 g/mol. The van der Waals surface area contributed by atoms with Crippen LogP contribution in [0, 0.1) is 0 Å². The van der Waals surface area contributed by atoms with Crippen molar-refractivity contribution < 1.29 is 28.6 Å². The standard InChI is InChI=1S/C24H28N2O6/c1-24(2,3)32-22(28)25-13-20(21(27)30-4)26-23(29)31-14-19-17-11-7-5-9-15(17)16-10-6-8-12-18(16)19/h5-12,19-20H,13-14H2,1-4H3,(H,25,28)(H,26,29). The highest BCUT2D eigenvalue weighted by Gasteiger charge is 2.30. The van der Waals surface area contributed by atoms with E-state index in [0.29, 0.717) is 0 Å². The summed E-state index contributed by atoms with van der Waals surface area (Å²) >= 11 is 0. The minimum absolute atomic E-state index is 0.104. The van der Waals surface area contributed by atoms with Crippen molar-refractivity contribution >= 4 is 18.2 Å². The van der Waals surface area contributed by atoms with Crippen molar-refractivity contribution in [3.63, 3.8) is 0 Å². The number of carbonyl (C=O) groups is 3. The van der Waals surface area contributed by atoms with Crippen LogP contribution in [-0.2, 0) is 19.0 Å². The number of fused-ring (bicyclic) bond motifs is 3. The molecule has 2 amide bonds. The van der Waals surface area contributed by atoms with Gasteiger partial charge in [-0.25, -0.2) is 14.4 Å². The van der Waals surface area contributed by atoms with Crippen LogP contribution >= 0.6 is 0 Å². The molecule has 0 heterocycles. The SMILES string of the molecule is COC(=O)C(CNC(=O)OC(C)(C)C)NC(=O)OCC1c2ccccc2-c2ccccc21. The lowest BCUT2D eigenvalue weighted by Gasteiger charge is -2.22. The average molecular weight is 440 g/mol. The Hall–Kier alpha value is -3.55. The van der Waals surface area contributed by atoms with Gasteiger partial charge in [0, 0.05) is 5.92 Å². The third-order valence-corrected chi connectivity index (χ3v) is 4.97. The van der Waals surface area contributed by atoms with E-state index < -0.39 is 29.8 Å². The molecule has 1 unspecified atom stereocenters. The van der Waals surface area contributed by atoms with Gasteiger partial charge in [0.05, 0.1) is 13.7 Å². The molecule has 0 aliphatic heterocycles. The molecule has 2 N–H and O–H groups in total. The number of hydrogen-bond acceptors (Lipinski definition) is 6. The number of rotatable bonds is 6. The van der Waals surface area contributed by atoms with E-state index in [-0.39, 0.29) is 19.1 Å². The molecule has 1 aliphatic rings. The quantitative estimate of drug-likeness (QED) is 0.526. The van der Waals surface area contributed by atoms with Crippen molar-refractivity contribution in [3.8, 4) is 11.1 Å². The number of benzene rings is 2. The normalized spacial score (nSPS) is 13.4. The first-order chi connectivity index (χ1) is 15.2. The first-order valence-corrected chi connectivity index (χ1v) is 10.4. The number of methoxy groups -OCH3 is 1. The lowest BCUT2D eigenvalue weighted by Crippen LogP contribution is -2.49. The van der Waals surface area contributed by atoms with Gasteiger partial charge in [0.15, 0.2) is 0 Å². The first-order valence-electron chi connectivity index (χ1n) is 10.4. The molecule has 0 bridgehead atoms. The molecule has 32 heavy (non-hydrogen) atoms. The summed E-state index contributed by atoms with van der Waals surface area (Å²) in [6.07, 6.45) is -1.49. The highest BCUT2D eigenvalue weighted by molar-refractivity contribution is 5.82. The van der Waals surface area contributed by atoms with Crippen LogP contribution in [0.15, 0.2) is 48.5 Å². The smallest absolute Gasteiger partial charge is 0.407 e. The predicted octanol–water partition coefficient (Wildman–Crippen LogP) is 3.59. The van der Waals surface area contributed by atoms with E-state index in [2.05, 4.69) is 10.6 Å². The fraction of sp³-hybridized carbons (Fsp3) is 0.375. The maximum Gasteiger partial charge on any atom is 0.407 e. The highest BCUT2D eigenvalue weighted by Crippen LogP contribution is 2.44. The Balaban J connectivity index is 1.61. The van der Waals surface area contributed by atoms with E-state index in [1.54, 1.807) is 20.8 Å². The van der Waals surface area contributed by atoms with E-state index in [1.165, 1.54) is 7.11 Å². The van der Waals surface area contributed by atoms with Gasteiger partial charge >= 0.3 is 18.2 Å². The summed E-state index contributed by atoms with van der Waals surface area (Å²) in [4.78, 5) is 36.4. The Morgan fingerprint density at radius 1 is 0.938 bits per heavy atom. The Labute approximate surface area is 187 Å². The van der Waals surface area contributed by atoms with Crippen LogP contribution in [0.25, 0.3) is 11.1 Å². The summed E-state index contributed by atoms with van der Waals surface area (Å²) in [6.45, 7) is 5.07. The molecule has 3 rings (SSSR count). The highest BCUT2D eigenvalue weighted by atomic mass is 16.6. The summed E-state index contributed by atoms with van der Waals surface area (Å²) in [6, 6.07) is 14.9. The van der Waals surface area contributed by atoms with Crippen LogP contribution in [0.3, 0.4) is 0 Å². The van der Waals surface area contributed by atoms with Gasteiger partial charge in [-0.3, -0.25) is 0 Å². The van der Waals surface area contributed by atoms with Gasteiger partial charge in [-0.2, -0.15) is 0 Å². The molecule has 8 heteroatoms. The number of amides is 2. The Bertz CT molecular complexity index is 952. The number of hydrogen-bond donors (Lipinski definition) is 2. The second-order valence-electron chi connectivity index (χ2n) is 8.43. The number of carbonyl (C=O) groups excluding carboxylic acids is 3. The molecule has 8 nitrogen and oxygen atoms in total. The molecule has 0 aromatic heterocycles. The molecule has 170 valence electrons. The summed E-state index contributed by atoms with van der Waals surface area (Å²) in [7, 11) is 1.20. The fourth-order valence-corrected chi connectivity index (χ4v) is 3.62. The van der Waals surface area contributed by atoms with Gasteiger partial charge < -0.3 is 24.8 Å². The molecule has 0 saturated heterocycles. The molecule has 0 fully saturated rings. The van der Waals surface area contributed by atoms with Crippen LogP contribution in [0.2, 0.25) is 0 Å². The van der Waals surface area contributed by atoms with Gasteiger partial charge in [-0.15, -0.1) is 0 Å². The zero-order chi connectivity index (χ0) is 23.3. The zero-order valence-corrected chi connectivity index (χ0v) is 18.6. The van der Waals surface area contributed by atoms with Crippen molar-refractivity contribution in [3.05, 3.63) is 59.7 Å². The van der Waals surface area contributed by atoms with E-state index in [1.807, 2.05) is 48.5 Å². The van der Waals surface area contributed by atoms with E-state index in [4.69, 9.17) is 14.2 Å². The molecule has 0 radical (unpaired) electrons. The minimum atomic E-state index is -1.12. The predicted molar refractivity (Wildman–Crippen MR) is 118 cm³/mol. The van der Waals surface area contributed by atoms with Gasteiger partial charge in [-0.05, 0) is 43.0 Å². The number of ether oxygens (including phenoxy) is 3. The summed E-state index contributed by atoms with van der Waals surface area (Å²) in [5.74, 6) is -0.820. The van der Waals surface area contributed by atoms with Crippen LogP contribution in [0.4, 0.5) is 9.59 Å². The van der Waals surface area contributed by atoms with Crippen LogP contribution < -0.4 is 10.6 Å². The zero-order valence-electron chi connectivity index (χ0n) is 18.6. The maximum absolute atomic E-state index is 12.4. The van der Waals surface area contributed by atoms with Crippen molar-refractivity contribution in [2.45, 2.75) is 38.3 Å². The lowest BCUT2D eigenvalue weighted by molar-refractivity contribution is -0.142. The van der Waals surface area contributed by atoms with Crippen molar-refractivity contribution in [1.82, 2.24) is 10.6 Å². The van der Waals surface area contributed by atoms with Crippen LogP contribution in [0.5, 0.6) is 0 Å². The van der Waals surface area contributed by atoms with Crippen LogP contribution in [-0.4, -0.2) is 50.1 Å². The Kier molecular flexibility index (Phi) is 7.02. The van der Waals surface area contributed by atoms with Gasteiger partial charge in [-0.1, -0.05) is 48.5 Å². The van der Waals surface area contributed by atoms with Gasteiger partial charge in [0.1, 0.15) is 18.2 Å². The molecule has 2 aromatic carbocycles. The van der Waals surface area contributed by atoms with Crippen LogP contribution in [0.1, 0.15) is 37.8 Å². The van der Waals surface area contributed by atoms with E-state index in [9.17, 15) is 14.4 Å². The summed E-state index contributed by atoms with van der Waals surface area (Å²) in [5.41, 5.74) is 3.71. The third-order valence-electron chi connectivity index (χ3n) is 4.97. The molecule has 1 atom stereocenters. The molecule has 0 spiro atoms. The van der Waals surface area contributed by atoms with Crippen molar-refractivity contribution in [2.75, 3.05) is 20.3 Å². The largest absolute Gasteiger partial charge is 0.467 e. The van der Waals surface area contributed by atoms with Gasteiger partial charge in [0.2, 0.25) is 0 Å². The second kappa shape index (κ2) is 9.72. The van der Waals surface area contributed by atoms with Crippen molar-refractivity contribution in [2.24, 2.45) is 0 Å². The maximum atomic E-state index is 12.4. The third kappa shape index (κ3) is 5.57. The number of alkyl carbamates (subject to hydrolysis) is 2. The molecular formula is C24H28N2O6. The second-order valence-corrected chi connectivity index (χ2v) is 8.43. The summed E-state index contributed by atoms with van der Waals surface area (Å²) in [5, 5.41) is 4.90. The number of esters is 1. The topological polar surface area (TPSA) is 103 Å². The Morgan fingerprint density at radius 2 is 1.50 bits per heavy atom. The minimum Gasteiger partial charge on any atom is -0.467 e. The molecule has 1 aliphatic carbocycles. The first kappa shape index (κ1) is 23.1. The van der Waals surface area contributed by atoms with E-state index >= 15 is 0 Å². The van der Waals surface area contributed by atoms with Gasteiger partial charge in [0.25, 0.3) is 0 Å². The van der Waals surface area contributed by atoms with Crippen molar-refractivity contribution in [1.29, 1.82) is 0 Å². The molecule has 0 saturated carbocycles. The average Bonchev–Trinajstić information content (AvgIpc) is 3.07. The summed E-state index contributed by atoms with van der Waals surface area (Å²) < 4.78 is 15.3. The lowest BCUT2D eigenvalue weighted by atomic mass is 9.98. The molecular weight excluding hydrogens is 412 g/mol. The number of nitrogens with one attached hydrogen (secondary N) is 2. The fourth-order valence-electron chi connectivity index (χ4n) is 3.62. The molecule has 2 aromatic rings. The van der Waals surface area contributed by atoms with E-state index in [0.717, 1.165) is 22.3 Å². The Morgan fingerprint density at radius 3 is 2.03 bits per heavy atom.